The Morgan fingerprint density at radius 2 is 1.64 bits per heavy atom. The van der Waals surface area contributed by atoms with Crippen molar-refractivity contribution in [3.8, 4) is 6.07 Å². The van der Waals surface area contributed by atoms with Gasteiger partial charge in [0.1, 0.15) is 5.49 Å². The highest BCUT2D eigenvalue weighted by Crippen LogP contribution is 2.24. The number of nitrogens with zero attached hydrogens (tertiary/aromatic N) is 4. The van der Waals surface area contributed by atoms with Crippen LogP contribution in [-0.2, 0) is 21.4 Å². The number of aromatic nitrogens is 1. The lowest BCUT2D eigenvalue weighted by Crippen LogP contribution is -2.40. The number of hydrogen-bond acceptors (Lipinski definition) is 4. The first kappa shape index (κ1) is 22.6. The minimum Gasteiger partial charge on any atom is -0.328 e. The molecule has 0 saturated carbocycles. The van der Waals surface area contributed by atoms with E-state index in [1.54, 1.807) is 0 Å². The quantitative estimate of drug-likeness (QED) is 0.585. The summed E-state index contributed by atoms with van der Waals surface area (Å²) in [5.41, 5.74) is 2.10. The molecule has 168 valence electrons. The summed E-state index contributed by atoms with van der Waals surface area (Å²) in [6, 6.07) is 23.4. The van der Waals surface area contributed by atoms with Gasteiger partial charge >= 0.3 is 0 Å². The Morgan fingerprint density at radius 3 is 2.30 bits per heavy atom. The van der Waals surface area contributed by atoms with Gasteiger partial charge in [-0.05, 0) is 54.8 Å². The van der Waals surface area contributed by atoms with E-state index in [-0.39, 0.29) is 29.8 Å². The van der Waals surface area contributed by atoms with Crippen molar-refractivity contribution in [1.82, 2.24) is 8.87 Å². The van der Waals surface area contributed by atoms with E-state index in [2.05, 4.69) is 4.99 Å². The number of sulfonamides is 1. The Labute approximate surface area is 193 Å². The number of benzene rings is 2. The smallest absolute Gasteiger partial charge is 0.250 e. The molecule has 1 aromatic heterocycles. The SMILES string of the molecule is N#Cc1ccc(S(=O)(=O)N2CCC(C(=O)N=c3ccccn3Cc3ccccc3)CC2)cc1. The zero-order valence-corrected chi connectivity index (χ0v) is 18.9. The van der Waals surface area contributed by atoms with Gasteiger partial charge in [0.05, 0.1) is 16.5 Å². The zero-order chi connectivity index (χ0) is 23.3. The predicted molar refractivity (Wildman–Crippen MR) is 123 cm³/mol. The molecule has 1 saturated heterocycles. The molecule has 1 amide bonds. The minimum absolute atomic E-state index is 0.155. The molecule has 0 N–H and O–H groups in total. The van der Waals surface area contributed by atoms with Crippen LogP contribution in [0.3, 0.4) is 0 Å². The number of pyridine rings is 1. The molecule has 4 rings (SSSR count). The fourth-order valence-corrected chi connectivity index (χ4v) is 5.35. The summed E-state index contributed by atoms with van der Waals surface area (Å²) >= 11 is 0. The molecule has 8 heteroatoms. The Bertz CT molecular complexity index is 1330. The monoisotopic (exact) mass is 460 g/mol. The average Bonchev–Trinajstić information content (AvgIpc) is 2.86. The summed E-state index contributed by atoms with van der Waals surface area (Å²) in [5, 5.41) is 8.91. The molecule has 0 bridgehead atoms. The number of rotatable bonds is 5. The van der Waals surface area contributed by atoms with Crippen molar-refractivity contribution in [1.29, 1.82) is 5.26 Å². The van der Waals surface area contributed by atoms with Crippen LogP contribution in [0.1, 0.15) is 24.0 Å². The maximum atomic E-state index is 12.9. The van der Waals surface area contributed by atoms with Gasteiger partial charge in [-0.25, -0.2) is 8.42 Å². The van der Waals surface area contributed by atoms with Gasteiger partial charge in [0, 0.05) is 31.7 Å². The van der Waals surface area contributed by atoms with Crippen LogP contribution in [0.5, 0.6) is 0 Å². The standard InChI is InChI=1S/C25H24N4O3S/c26-18-20-9-11-23(12-10-20)33(31,32)29-16-13-22(14-17-29)25(30)27-24-8-4-5-15-28(24)19-21-6-2-1-3-7-21/h1-12,15,22H,13-14,16-17,19H2. The Kier molecular flexibility index (Phi) is 6.82. The molecule has 0 unspecified atom stereocenters. The van der Waals surface area contributed by atoms with Crippen LogP contribution >= 0.6 is 0 Å². The van der Waals surface area contributed by atoms with Crippen molar-refractivity contribution < 1.29 is 13.2 Å². The molecule has 2 heterocycles. The summed E-state index contributed by atoms with van der Waals surface area (Å²) in [5.74, 6) is -0.541. The number of carbonyl (C=O) groups excluding carboxylic acids is 1. The maximum Gasteiger partial charge on any atom is 0.250 e. The Balaban J connectivity index is 1.45. The van der Waals surface area contributed by atoms with Crippen LogP contribution in [-0.4, -0.2) is 36.3 Å². The van der Waals surface area contributed by atoms with E-state index < -0.39 is 10.0 Å². The third-order valence-corrected chi connectivity index (χ3v) is 7.67. The summed E-state index contributed by atoms with van der Waals surface area (Å²) in [6.07, 6.45) is 2.73. The Morgan fingerprint density at radius 1 is 0.970 bits per heavy atom. The lowest BCUT2D eigenvalue weighted by molar-refractivity contribution is -0.122. The van der Waals surface area contributed by atoms with Crippen molar-refractivity contribution in [2.75, 3.05) is 13.1 Å². The molecule has 0 spiro atoms. The molecule has 2 aromatic carbocycles. The number of amides is 1. The summed E-state index contributed by atoms with van der Waals surface area (Å²) in [4.78, 5) is 17.4. The third kappa shape index (κ3) is 5.28. The fourth-order valence-electron chi connectivity index (χ4n) is 3.88. The fraction of sp³-hybridized carbons (Fsp3) is 0.240. The van der Waals surface area contributed by atoms with E-state index >= 15 is 0 Å². The van der Waals surface area contributed by atoms with Crippen molar-refractivity contribution >= 4 is 15.9 Å². The maximum absolute atomic E-state index is 12.9. The molecule has 0 radical (unpaired) electrons. The van der Waals surface area contributed by atoms with Crippen molar-refractivity contribution in [2.24, 2.45) is 10.9 Å². The molecular weight excluding hydrogens is 436 g/mol. The Hall–Kier alpha value is -3.54. The first-order valence-electron chi connectivity index (χ1n) is 10.8. The number of piperidine rings is 1. The zero-order valence-electron chi connectivity index (χ0n) is 18.0. The van der Waals surface area contributed by atoms with Gasteiger partial charge in [0.2, 0.25) is 10.0 Å². The molecule has 0 atom stereocenters. The summed E-state index contributed by atoms with van der Waals surface area (Å²) < 4.78 is 29.1. The minimum atomic E-state index is -3.66. The van der Waals surface area contributed by atoms with Gasteiger partial charge in [0.25, 0.3) is 5.91 Å². The van der Waals surface area contributed by atoms with Gasteiger partial charge in [-0.2, -0.15) is 14.6 Å². The van der Waals surface area contributed by atoms with Gasteiger partial charge in [-0.15, -0.1) is 0 Å². The molecule has 1 aliphatic rings. The normalized spacial score (nSPS) is 15.8. The second-order valence-corrected chi connectivity index (χ2v) is 9.87. The number of nitriles is 1. The largest absolute Gasteiger partial charge is 0.328 e. The second-order valence-electron chi connectivity index (χ2n) is 7.94. The summed E-state index contributed by atoms with van der Waals surface area (Å²) in [6.45, 7) is 1.12. The predicted octanol–water partition coefficient (Wildman–Crippen LogP) is 2.94. The second kappa shape index (κ2) is 9.94. The third-order valence-electron chi connectivity index (χ3n) is 5.76. The first-order chi connectivity index (χ1) is 16.0. The molecule has 1 aliphatic heterocycles. The highest BCUT2D eigenvalue weighted by molar-refractivity contribution is 7.89. The van der Waals surface area contributed by atoms with E-state index in [9.17, 15) is 13.2 Å². The molecule has 1 fully saturated rings. The van der Waals surface area contributed by atoms with Gasteiger partial charge in [-0.1, -0.05) is 36.4 Å². The van der Waals surface area contributed by atoms with E-state index in [0.717, 1.165) is 5.56 Å². The number of hydrogen-bond donors (Lipinski definition) is 0. The van der Waals surface area contributed by atoms with Crippen molar-refractivity contribution in [3.63, 3.8) is 0 Å². The van der Waals surface area contributed by atoms with Crippen LogP contribution in [0.15, 0.2) is 88.9 Å². The van der Waals surface area contributed by atoms with Gasteiger partial charge in [0.15, 0.2) is 0 Å². The van der Waals surface area contributed by atoms with Crippen LogP contribution in [0, 0.1) is 17.2 Å². The van der Waals surface area contributed by atoms with E-state index in [1.807, 2.05) is 65.4 Å². The molecule has 0 aliphatic carbocycles. The van der Waals surface area contributed by atoms with E-state index in [0.29, 0.717) is 30.4 Å². The molecule has 7 nitrogen and oxygen atoms in total. The molecular formula is C25H24N4O3S. The van der Waals surface area contributed by atoms with Crippen LogP contribution in [0.25, 0.3) is 0 Å². The van der Waals surface area contributed by atoms with Crippen LogP contribution < -0.4 is 5.49 Å². The molecule has 3 aromatic rings. The average molecular weight is 461 g/mol. The van der Waals surface area contributed by atoms with Crippen molar-refractivity contribution in [2.45, 2.75) is 24.3 Å². The topological polar surface area (TPSA) is 95.5 Å². The number of carbonyl (C=O) groups is 1. The van der Waals surface area contributed by atoms with Crippen LogP contribution in [0.2, 0.25) is 0 Å². The van der Waals surface area contributed by atoms with E-state index in [1.165, 1.54) is 28.6 Å². The van der Waals surface area contributed by atoms with Crippen molar-refractivity contribution in [3.05, 3.63) is 95.6 Å². The van der Waals surface area contributed by atoms with Crippen LogP contribution in [0.4, 0.5) is 0 Å². The summed E-state index contributed by atoms with van der Waals surface area (Å²) in [7, 11) is -3.66. The highest BCUT2D eigenvalue weighted by atomic mass is 32.2. The highest BCUT2D eigenvalue weighted by Gasteiger charge is 2.32. The lowest BCUT2D eigenvalue weighted by atomic mass is 9.97. The van der Waals surface area contributed by atoms with Gasteiger partial charge < -0.3 is 4.57 Å². The lowest BCUT2D eigenvalue weighted by Gasteiger charge is -2.29. The first-order valence-corrected chi connectivity index (χ1v) is 12.2. The van der Waals surface area contributed by atoms with E-state index in [4.69, 9.17) is 5.26 Å². The molecule has 33 heavy (non-hydrogen) atoms. The van der Waals surface area contributed by atoms with Gasteiger partial charge in [-0.3, -0.25) is 4.79 Å².